The molecule has 2 N–H and O–H groups in total. The molecule has 2 heterocycles. The summed E-state index contributed by atoms with van der Waals surface area (Å²) in [6.45, 7) is 3.04. The summed E-state index contributed by atoms with van der Waals surface area (Å²) in [5, 5.41) is 12.6. The molecule has 0 aliphatic carbocycles. The molecule has 4 rings (SSSR count). The van der Waals surface area contributed by atoms with Crippen molar-refractivity contribution in [1.29, 1.82) is 0 Å². The third-order valence-electron chi connectivity index (χ3n) is 5.22. The monoisotopic (exact) mass is 423 g/mol. The van der Waals surface area contributed by atoms with Crippen LogP contribution in [0.1, 0.15) is 18.1 Å². The minimum absolute atomic E-state index is 0.147. The molecule has 31 heavy (non-hydrogen) atoms. The lowest BCUT2D eigenvalue weighted by atomic mass is 9.99. The van der Waals surface area contributed by atoms with E-state index in [-0.39, 0.29) is 17.8 Å². The van der Waals surface area contributed by atoms with Gasteiger partial charge < -0.3 is 19.3 Å². The predicted molar refractivity (Wildman–Crippen MR) is 111 cm³/mol. The molecule has 2 aromatic carbocycles. The number of aryl methyl sites for hydroxylation is 1. The Labute approximate surface area is 175 Å². The van der Waals surface area contributed by atoms with Gasteiger partial charge in [0.25, 0.3) is 0 Å². The molecular weight excluding hydrogens is 405 g/mol. The molecule has 0 saturated carbocycles. The summed E-state index contributed by atoms with van der Waals surface area (Å²) in [5.41, 5.74) is 2.33. The number of aliphatic carboxylic acids is 1. The van der Waals surface area contributed by atoms with E-state index in [4.69, 9.17) is 13.9 Å². The second kappa shape index (κ2) is 7.71. The number of fused-ring (bicyclic) bond motifs is 2. The summed E-state index contributed by atoms with van der Waals surface area (Å²) < 4.78 is 24.3. The van der Waals surface area contributed by atoms with Crippen LogP contribution in [0.5, 0.6) is 0 Å². The molecule has 7 nitrogen and oxygen atoms in total. The van der Waals surface area contributed by atoms with E-state index in [1.54, 1.807) is 37.5 Å². The number of carboxylic acid groups (broad SMARTS) is 1. The van der Waals surface area contributed by atoms with Crippen LogP contribution in [0.15, 0.2) is 56.3 Å². The Morgan fingerprint density at radius 2 is 1.84 bits per heavy atom. The van der Waals surface area contributed by atoms with E-state index in [9.17, 15) is 18.8 Å². The normalized spacial score (nSPS) is 12.2. The first-order chi connectivity index (χ1) is 14.7. The number of hydrogen-bond acceptors (Lipinski definition) is 5. The van der Waals surface area contributed by atoms with E-state index < -0.39 is 23.5 Å². The highest BCUT2D eigenvalue weighted by molar-refractivity contribution is 6.02. The summed E-state index contributed by atoms with van der Waals surface area (Å²) in [7, 11) is 0. The zero-order valence-corrected chi connectivity index (χ0v) is 16.7. The van der Waals surface area contributed by atoms with Crippen molar-refractivity contribution in [2.45, 2.75) is 26.3 Å². The number of hydrogen-bond donors (Lipinski definition) is 2. The first-order valence-corrected chi connectivity index (χ1v) is 9.50. The fourth-order valence-corrected chi connectivity index (χ4v) is 3.48. The number of carboxylic acids is 1. The lowest BCUT2D eigenvalue weighted by Crippen LogP contribution is -2.39. The van der Waals surface area contributed by atoms with E-state index in [0.717, 1.165) is 16.5 Å². The predicted octanol–water partition coefficient (Wildman–Crippen LogP) is 3.79. The van der Waals surface area contributed by atoms with E-state index in [1.807, 2.05) is 0 Å². The van der Waals surface area contributed by atoms with Gasteiger partial charge in [-0.1, -0.05) is 12.1 Å². The molecule has 0 radical (unpaired) electrons. The Bertz CT molecular complexity index is 1380. The van der Waals surface area contributed by atoms with Crippen molar-refractivity contribution in [2.24, 2.45) is 0 Å². The highest BCUT2D eigenvalue weighted by atomic mass is 19.1. The van der Waals surface area contributed by atoms with Crippen LogP contribution in [0.2, 0.25) is 0 Å². The van der Waals surface area contributed by atoms with Crippen molar-refractivity contribution < 1.29 is 27.9 Å². The SMILES string of the molecule is Cc1c(CC(=O)N[C@@H](C)C(=O)O)c(=O)oc2cc3occ(-c4ccc(F)cc4)c3cc12. The molecule has 0 aliphatic heterocycles. The first kappa shape index (κ1) is 20.3. The van der Waals surface area contributed by atoms with Crippen LogP contribution in [-0.2, 0) is 16.0 Å². The number of benzene rings is 2. The third kappa shape index (κ3) is 3.79. The molecule has 0 aliphatic rings. The van der Waals surface area contributed by atoms with Gasteiger partial charge in [0, 0.05) is 22.4 Å². The maximum absolute atomic E-state index is 13.3. The largest absolute Gasteiger partial charge is 0.480 e. The molecule has 0 spiro atoms. The van der Waals surface area contributed by atoms with Gasteiger partial charge in [-0.25, -0.2) is 9.18 Å². The molecular formula is C23H18FNO6. The quantitative estimate of drug-likeness (QED) is 0.473. The maximum atomic E-state index is 13.3. The first-order valence-electron chi connectivity index (χ1n) is 9.50. The minimum Gasteiger partial charge on any atom is -0.480 e. The summed E-state index contributed by atoms with van der Waals surface area (Å²) >= 11 is 0. The summed E-state index contributed by atoms with van der Waals surface area (Å²) in [6.07, 6.45) is 1.24. The molecule has 158 valence electrons. The Hall–Kier alpha value is -3.94. The van der Waals surface area contributed by atoms with Crippen molar-refractivity contribution >= 4 is 33.8 Å². The smallest absolute Gasteiger partial charge is 0.340 e. The van der Waals surface area contributed by atoms with Gasteiger partial charge >= 0.3 is 11.6 Å². The molecule has 0 saturated heterocycles. The molecule has 2 aromatic heterocycles. The number of carbonyl (C=O) groups excluding carboxylic acids is 1. The number of carbonyl (C=O) groups is 2. The molecule has 0 fully saturated rings. The third-order valence-corrected chi connectivity index (χ3v) is 5.22. The zero-order valence-electron chi connectivity index (χ0n) is 16.7. The Balaban J connectivity index is 1.79. The number of rotatable bonds is 5. The van der Waals surface area contributed by atoms with E-state index in [1.165, 1.54) is 19.1 Å². The van der Waals surface area contributed by atoms with Crippen molar-refractivity contribution in [3.05, 3.63) is 70.0 Å². The van der Waals surface area contributed by atoms with Gasteiger partial charge in [-0.3, -0.25) is 9.59 Å². The van der Waals surface area contributed by atoms with Crippen LogP contribution in [-0.4, -0.2) is 23.0 Å². The molecule has 0 unspecified atom stereocenters. The number of halogens is 1. The van der Waals surface area contributed by atoms with E-state index in [0.29, 0.717) is 22.1 Å². The standard InChI is InChI=1S/C23H18FNO6/c1-11-15-7-17-18(13-3-5-14(24)6-4-13)10-30-19(17)9-20(15)31-23(29)16(11)8-21(26)25-12(2)22(27)28/h3-7,9-10,12H,8H2,1-2H3,(H,25,26)(H,27,28)/t12-/m0/s1. The maximum Gasteiger partial charge on any atom is 0.340 e. The van der Waals surface area contributed by atoms with Crippen LogP contribution in [0.4, 0.5) is 4.39 Å². The van der Waals surface area contributed by atoms with Gasteiger partial charge in [0.2, 0.25) is 5.91 Å². The van der Waals surface area contributed by atoms with E-state index >= 15 is 0 Å². The molecule has 1 atom stereocenters. The van der Waals surface area contributed by atoms with Gasteiger partial charge in [0.15, 0.2) is 0 Å². The molecule has 1 amide bonds. The van der Waals surface area contributed by atoms with Crippen LogP contribution in [0.3, 0.4) is 0 Å². The highest BCUT2D eigenvalue weighted by Crippen LogP contribution is 2.34. The van der Waals surface area contributed by atoms with Gasteiger partial charge in [-0.05, 0) is 43.2 Å². The van der Waals surface area contributed by atoms with Gasteiger partial charge in [0.05, 0.1) is 18.2 Å². The zero-order chi connectivity index (χ0) is 22.3. The fourth-order valence-electron chi connectivity index (χ4n) is 3.48. The minimum atomic E-state index is -1.17. The van der Waals surface area contributed by atoms with Crippen molar-refractivity contribution in [3.63, 3.8) is 0 Å². The van der Waals surface area contributed by atoms with Crippen molar-refractivity contribution in [3.8, 4) is 11.1 Å². The Kier molecular flexibility index (Phi) is 5.06. The van der Waals surface area contributed by atoms with Crippen molar-refractivity contribution in [2.75, 3.05) is 0 Å². The van der Waals surface area contributed by atoms with Gasteiger partial charge in [0.1, 0.15) is 23.0 Å². The molecule has 0 bridgehead atoms. The fraction of sp³-hybridized carbons (Fsp3) is 0.174. The van der Waals surface area contributed by atoms with Gasteiger partial charge in [-0.2, -0.15) is 0 Å². The van der Waals surface area contributed by atoms with Crippen LogP contribution < -0.4 is 10.9 Å². The summed E-state index contributed by atoms with van der Waals surface area (Å²) in [4.78, 5) is 35.6. The summed E-state index contributed by atoms with van der Waals surface area (Å²) in [5.74, 6) is -2.12. The molecule has 4 aromatic rings. The van der Waals surface area contributed by atoms with E-state index in [2.05, 4.69) is 5.32 Å². The van der Waals surface area contributed by atoms with Crippen molar-refractivity contribution in [1.82, 2.24) is 5.32 Å². The van der Waals surface area contributed by atoms with Gasteiger partial charge in [-0.15, -0.1) is 0 Å². The summed E-state index contributed by atoms with van der Waals surface area (Å²) in [6, 6.07) is 8.31. The topological polar surface area (TPSA) is 110 Å². The number of amides is 1. The highest BCUT2D eigenvalue weighted by Gasteiger charge is 2.20. The second-order valence-electron chi connectivity index (χ2n) is 7.30. The lowest BCUT2D eigenvalue weighted by Gasteiger charge is -2.11. The van der Waals surface area contributed by atoms with Crippen LogP contribution >= 0.6 is 0 Å². The Morgan fingerprint density at radius 3 is 2.52 bits per heavy atom. The number of nitrogens with one attached hydrogen (secondary N) is 1. The van der Waals surface area contributed by atoms with Crippen LogP contribution in [0.25, 0.3) is 33.1 Å². The van der Waals surface area contributed by atoms with Crippen LogP contribution in [0, 0.1) is 12.7 Å². The Morgan fingerprint density at radius 1 is 1.13 bits per heavy atom. The molecule has 8 heteroatoms. The lowest BCUT2D eigenvalue weighted by molar-refractivity contribution is -0.141. The number of furan rings is 1. The second-order valence-corrected chi connectivity index (χ2v) is 7.30. The average Bonchev–Trinajstić information content (AvgIpc) is 3.13. The average molecular weight is 423 g/mol.